The Morgan fingerprint density at radius 2 is 1.28 bits per heavy atom. The first-order chi connectivity index (χ1) is 29.0. The van der Waals surface area contributed by atoms with Crippen molar-refractivity contribution in [2.45, 2.75) is 108 Å². The Morgan fingerprint density at radius 1 is 0.683 bits per heavy atom. The van der Waals surface area contributed by atoms with E-state index < -0.39 is 48.1 Å². The molecular weight excluding hydrogens is 765 g/mol. The fourth-order valence-electron chi connectivity index (χ4n) is 12.2. The predicted molar refractivity (Wildman–Crippen MR) is 217 cm³/mol. The highest BCUT2D eigenvalue weighted by molar-refractivity contribution is 5.92. The van der Waals surface area contributed by atoms with Crippen molar-refractivity contribution in [1.29, 1.82) is 0 Å². The van der Waals surface area contributed by atoms with E-state index in [2.05, 4.69) is 13.8 Å². The number of esters is 4. The van der Waals surface area contributed by atoms with Gasteiger partial charge in [-0.1, -0.05) is 68.4 Å². The Hall–Kier alpha value is -4.84. The molecule has 60 heavy (non-hydrogen) atoms. The summed E-state index contributed by atoms with van der Waals surface area (Å²) >= 11 is 0. The summed E-state index contributed by atoms with van der Waals surface area (Å²) in [5, 5.41) is 12.7. The third-order valence-electron chi connectivity index (χ3n) is 15.4. The first-order valence-electron chi connectivity index (χ1n) is 21.6. The lowest BCUT2D eigenvalue weighted by atomic mass is 9.43. The summed E-state index contributed by atoms with van der Waals surface area (Å²) < 4.78 is 36.8. The summed E-state index contributed by atoms with van der Waals surface area (Å²) in [6.45, 7) is 4.75. The van der Waals surface area contributed by atoms with Gasteiger partial charge in [-0.05, 0) is 129 Å². The van der Waals surface area contributed by atoms with E-state index >= 15 is 0 Å². The molecule has 1 N–H and O–H groups in total. The van der Waals surface area contributed by atoms with Crippen LogP contribution in [-0.4, -0.2) is 78.5 Å². The second-order valence-electron chi connectivity index (χ2n) is 18.2. The molecule has 2 heterocycles. The van der Waals surface area contributed by atoms with E-state index in [0.717, 1.165) is 50.5 Å². The van der Waals surface area contributed by atoms with Crippen LogP contribution in [0.5, 0.6) is 0 Å². The number of hydrogen-bond donors (Lipinski definition) is 1. The average molecular weight is 819 g/mol. The maximum absolute atomic E-state index is 13.8. The van der Waals surface area contributed by atoms with E-state index in [9.17, 15) is 24.3 Å². The highest BCUT2D eigenvalue weighted by Gasteiger charge is 2.68. The van der Waals surface area contributed by atoms with Crippen LogP contribution in [0, 0.1) is 34.5 Å². The number of aliphatic hydroxyl groups is 1. The zero-order valence-electron chi connectivity index (χ0n) is 34.2. The van der Waals surface area contributed by atoms with E-state index in [1.807, 2.05) is 6.08 Å². The second kappa shape index (κ2) is 16.2. The number of hydrogen-bond acceptors (Lipinski definition) is 11. The van der Waals surface area contributed by atoms with Gasteiger partial charge in [-0.3, -0.25) is 0 Å². The van der Waals surface area contributed by atoms with Gasteiger partial charge in [0.2, 0.25) is 0 Å². The lowest BCUT2D eigenvalue weighted by Gasteiger charge is -2.63. The number of rotatable bonds is 9. The van der Waals surface area contributed by atoms with E-state index in [1.165, 1.54) is 0 Å². The summed E-state index contributed by atoms with van der Waals surface area (Å²) in [5.41, 5.74) is 0.358. The van der Waals surface area contributed by atoms with Gasteiger partial charge in [-0.2, -0.15) is 0 Å². The van der Waals surface area contributed by atoms with Gasteiger partial charge in [0.25, 0.3) is 0 Å². The number of benzene rings is 3. The molecule has 6 aliphatic rings. The van der Waals surface area contributed by atoms with Crippen LogP contribution < -0.4 is 0 Å². The van der Waals surface area contributed by atoms with Gasteiger partial charge < -0.3 is 33.5 Å². The molecule has 10 unspecified atom stereocenters. The van der Waals surface area contributed by atoms with Crippen molar-refractivity contribution in [3.63, 3.8) is 0 Å². The van der Waals surface area contributed by atoms with Crippen LogP contribution in [0.2, 0.25) is 0 Å². The number of carbonyl (C=O) groups excluding carboxylic acids is 4. The van der Waals surface area contributed by atoms with Crippen LogP contribution in [0.15, 0.2) is 103 Å². The molecule has 0 bridgehead atoms. The molecule has 2 aliphatic heterocycles. The van der Waals surface area contributed by atoms with E-state index in [-0.39, 0.29) is 52.5 Å². The van der Waals surface area contributed by atoms with Crippen molar-refractivity contribution < 1.29 is 52.7 Å². The first-order valence-corrected chi connectivity index (χ1v) is 21.6. The number of ether oxygens (including phenoxy) is 6. The van der Waals surface area contributed by atoms with Crippen LogP contribution in [0.3, 0.4) is 0 Å². The van der Waals surface area contributed by atoms with Crippen molar-refractivity contribution in [2.75, 3.05) is 13.2 Å². The van der Waals surface area contributed by atoms with Crippen LogP contribution in [0.4, 0.5) is 0 Å². The van der Waals surface area contributed by atoms with Crippen molar-refractivity contribution >= 4 is 23.9 Å². The van der Waals surface area contributed by atoms with Gasteiger partial charge in [0.1, 0.15) is 6.61 Å². The van der Waals surface area contributed by atoms with Crippen molar-refractivity contribution in [3.8, 4) is 0 Å². The highest BCUT2D eigenvalue weighted by Crippen LogP contribution is 2.70. The molecule has 4 saturated carbocycles. The Morgan fingerprint density at radius 3 is 1.88 bits per heavy atom. The van der Waals surface area contributed by atoms with E-state index in [0.29, 0.717) is 36.8 Å². The smallest absolute Gasteiger partial charge is 0.338 e. The zero-order chi connectivity index (χ0) is 41.6. The average Bonchev–Trinajstić information content (AvgIpc) is 3.81. The van der Waals surface area contributed by atoms with Gasteiger partial charge in [0.15, 0.2) is 24.6 Å². The van der Waals surface area contributed by atoms with Crippen LogP contribution >= 0.6 is 0 Å². The molecule has 4 aliphatic carbocycles. The summed E-state index contributed by atoms with van der Waals surface area (Å²) in [6.07, 6.45) is 4.32. The van der Waals surface area contributed by atoms with Gasteiger partial charge in [-0.15, -0.1) is 0 Å². The molecule has 3 aromatic rings. The van der Waals surface area contributed by atoms with Crippen LogP contribution in [0.25, 0.3) is 0 Å². The predicted octanol–water partition coefficient (Wildman–Crippen LogP) is 7.66. The van der Waals surface area contributed by atoms with Gasteiger partial charge in [0.05, 0.1) is 35.0 Å². The molecule has 9 rings (SSSR count). The van der Waals surface area contributed by atoms with E-state index in [4.69, 9.17) is 28.4 Å². The summed E-state index contributed by atoms with van der Waals surface area (Å²) in [7, 11) is 0. The maximum atomic E-state index is 13.8. The minimum atomic E-state index is -1.29. The monoisotopic (exact) mass is 818 g/mol. The first kappa shape index (κ1) is 40.6. The molecule has 12 atom stereocenters. The fraction of sp³-hybridized carbons (Fsp3) is 0.510. The molecule has 316 valence electrons. The molecule has 11 nitrogen and oxygen atoms in total. The van der Waals surface area contributed by atoms with Crippen molar-refractivity contribution in [2.24, 2.45) is 34.5 Å². The summed E-state index contributed by atoms with van der Waals surface area (Å²) in [5.74, 6) is -1.43. The largest absolute Gasteiger partial charge is 0.458 e. The quantitative estimate of drug-likeness (QED) is 0.129. The standard InChI is InChI=1S/C49H54O11/c1-47-24-20-34(28-33(47)18-19-38-37(47)21-25-48(2)36(22-26-49(38,48)54)35-23-27-55-45(35)53)57-46-41(60-44(52)32-16-10-5-11-17-32)40(59-43(51)31-14-8-4-9-15-31)39(29-56-46)58-42(50)30-12-6-3-7-13-30/h3-17,23,33-34,36-41,46,54H,18-22,24-29H2,1-2H3/t33?,34?,36-,37?,38?,39?,40-,41?,46?,47?,48?,49?/m1/s1. The zero-order valence-corrected chi connectivity index (χ0v) is 34.2. The fourth-order valence-corrected chi connectivity index (χ4v) is 12.2. The lowest BCUT2D eigenvalue weighted by Crippen LogP contribution is -2.62. The minimum absolute atomic E-state index is 0.00444. The van der Waals surface area contributed by atoms with Crippen molar-refractivity contribution in [1.82, 2.24) is 0 Å². The molecule has 1 saturated heterocycles. The van der Waals surface area contributed by atoms with Crippen LogP contribution in [0.1, 0.15) is 103 Å². The molecule has 0 radical (unpaired) electrons. The Labute approximate surface area is 350 Å². The summed E-state index contributed by atoms with van der Waals surface area (Å²) in [6, 6.07) is 25.5. The third kappa shape index (κ3) is 7.16. The van der Waals surface area contributed by atoms with Crippen molar-refractivity contribution in [3.05, 3.63) is 119 Å². The topological polar surface area (TPSA) is 144 Å². The molecule has 0 aromatic heterocycles. The van der Waals surface area contributed by atoms with Gasteiger partial charge >= 0.3 is 23.9 Å². The number of cyclic esters (lactones) is 1. The van der Waals surface area contributed by atoms with Crippen LogP contribution in [-0.2, 0) is 33.2 Å². The van der Waals surface area contributed by atoms with Gasteiger partial charge in [0, 0.05) is 11.0 Å². The Kier molecular flexibility index (Phi) is 11.0. The maximum Gasteiger partial charge on any atom is 0.338 e. The molecule has 0 amide bonds. The number of carbonyl (C=O) groups is 4. The highest BCUT2D eigenvalue weighted by atomic mass is 16.7. The molecule has 3 aromatic carbocycles. The Bertz CT molecular complexity index is 2110. The molecular formula is C49H54O11. The van der Waals surface area contributed by atoms with Gasteiger partial charge in [-0.25, -0.2) is 19.2 Å². The lowest BCUT2D eigenvalue weighted by molar-refractivity contribution is -0.289. The number of fused-ring (bicyclic) bond motifs is 5. The minimum Gasteiger partial charge on any atom is -0.458 e. The second-order valence-corrected chi connectivity index (χ2v) is 18.2. The molecule has 0 spiro atoms. The molecule has 5 fully saturated rings. The summed E-state index contributed by atoms with van der Waals surface area (Å²) in [4.78, 5) is 53.6. The SMILES string of the molecule is CC12CCC(OC3OCC(OC(=O)c4ccccc4)[C@@H](OC(=O)c4ccccc4)C3OC(=O)c3ccccc3)CC1CCC1C2CCC2(C)[C@@H](C3=CCOC3=O)CCC12O. The molecule has 11 heteroatoms. The van der Waals surface area contributed by atoms with E-state index in [1.54, 1.807) is 91.0 Å². The third-order valence-corrected chi connectivity index (χ3v) is 15.4. The Balaban J connectivity index is 0.953. The normalized spacial score (nSPS) is 37.0.